The number of carbonyl (C=O) groups excluding carboxylic acids is 1. The Labute approximate surface area is 146 Å². The Balaban J connectivity index is 1.46. The highest BCUT2D eigenvalue weighted by Gasteiger charge is 2.37. The lowest BCUT2D eigenvalue weighted by Gasteiger charge is -2.21. The summed E-state index contributed by atoms with van der Waals surface area (Å²) in [4.78, 5) is 17.8. The maximum atomic E-state index is 11.1. The van der Waals surface area contributed by atoms with Crippen LogP contribution >= 0.6 is 0 Å². The van der Waals surface area contributed by atoms with Gasteiger partial charge in [-0.25, -0.2) is 0 Å². The first-order valence-electron chi connectivity index (χ1n) is 8.70. The van der Waals surface area contributed by atoms with Crippen LogP contribution in [0.5, 0.6) is 0 Å². The second kappa shape index (κ2) is 6.57. The number of rotatable bonds is 5. The highest BCUT2D eigenvalue weighted by atomic mass is 16.5. The first-order valence-corrected chi connectivity index (χ1v) is 8.70. The number of aliphatic hydroxyl groups excluding tert-OH is 1. The quantitative estimate of drug-likeness (QED) is 0.866. The van der Waals surface area contributed by atoms with E-state index in [1.54, 1.807) is 0 Å². The molecule has 2 aliphatic rings. The smallest absolute Gasteiger partial charge is 0.244 e. The minimum Gasteiger partial charge on any atom is -0.392 e. The predicted octanol–water partition coefficient (Wildman–Crippen LogP) is 2.21. The Morgan fingerprint density at radius 1 is 1.36 bits per heavy atom. The summed E-state index contributed by atoms with van der Waals surface area (Å²) in [5.41, 5.74) is 1.88. The van der Waals surface area contributed by atoms with Crippen molar-refractivity contribution in [2.45, 2.75) is 50.8 Å². The van der Waals surface area contributed by atoms with Gasteiger partial charge in [0.15, 0.2) is 5.82 Å². The molecule has 25 heavy (non-hydrogen) atoms. The normalized spacial score (nSPS) is 23.8. The molecule has 1 aliphatic carbocycles. The molecule has 1 aromatic carbocycles. The third kappa shape index (κ3) is 3.72. The maximum absolute atomic E-state index is 11.1. The van der Waals surface area contributed by atoms with E-state index in [1.165, 1.54) is 6.92 Å². The van der Waals surface area contributed by atoms with E-state index in [0.29, 0.717) is 31.3 Å². The standard InChI is InChI=1S/C18H22N4O3/c1-11(23)19-14-6-2-12(3-7-14)9-22-10-15(24)8-16(22)18-20-17(21-25-18)13-4-5-13/h2-3,6-7,13,15-16,24H,4-5,8-10H2,1H3,(H,19,23)/t15-,16+/m1/s1. The summed E-state index contributed by atoms with van der Waals surface area (Å²) in [6.07, 6.45) is 2.49. The molecule has 0 unspecified atom stereocenters. The molecule has 1 aromatic heterocycles. The van der Waals surface area contributed by atoms with Crippen molar-refractivity contribution < 1.29 is 14.4 Å². The number of carbonyl (C=O) groups is 1. The van der Waals surface area contributed by atoms with Crippen molar-refractivity contribution in [2.75, 3.05) is 11.9 Å². The zero-order valence-electron chi connectivity index (χ0n) is 14.2. The number of nitrogens with zero attached hydrogens (tertiary/aromatic N) is 3. The second-order valence-electron chi connectivity index (χ2n) is 6.98. The molecule has 2 N–H and O–H groups in total. The van der Waals surface area contributed by atoms with Crippen LogP contribution in [0.15, 0.2) is 28.8 Å². The SMILES string of the molecule is CC(=O)Nc1ccc(CN2C[C@H](O)C[C@H]2c2nc(C3CC3)no2)cc1. The van der Waals surface area contributed by atoms with Crippen molar-refractivity contribution in [3.8, 4) is 0 Å². The largest absolute Gasteiger partial charge is 0.392 e. The van der Waals surface area contributed by atoms with Crippen LogP contribution in [0.3, 0.4) is 0 Å². The maximum Gasteiger partial charge on any atom is 0.244 e. The number of hydrogen-bond donors (Lipinski definition) is 2. The molecule has 0 bridgehead atoms. The molecule has 1 aliphatic heterocycles. The summed E-state index contributed by atoms with van der Waals surface area (Å²) < 4.78 is 5.47. The van der Waals surface area contributed by atoms with Gasteiger partial charge in [-0.15, -0.1) is 0 Å². The lowest BCUT2D eigenvalue weighted by Crippen LogP contribution is -2.24. The summed E-state index contributed by atoms with van der Waals surface area (Å²) in [7, 11) is 0. The zero-order valence-corrected chi connectivity index (χ0v) is 14.2. The van der Waals surface area contributed by atoms with Crippen LogP contribution in [0.1, 0.15) is 55.4 Å². The van der Waals surface area contributed by atoms with Crippen molar-refractivity contribution in [1.29, 1.82) is 0 Å². The highest BCUT2D eigenvalue weighted by Crippen LogP contribution is 2.40. The lowest BCUT2D eigenvalue weighted by molar-refractivity contribution is -0.114. The van der Waals surface area contributed by atoms with Crippen LogP contribution in [-0.4, -0.2) is 38.7 Å². The van der Waals surface area contributed by atoms with E-state index in [1.807, 2.05) is 24.3 Å². The zero-order chi connectivity index (χ0) is 17.4. The van der Waals surface area contributed by atoms with Crippen LogP contribution in [0.25, 0.3) is 0 Å². The fraction of sp³-hybridized carbons (Fsp3) is 0.500. The third-order valence-corrected chi connectivity index (χ3v) is 4.73. The van der Waals surface area contributed by atoms with Crippen LogP contribution in [0.2, 0.25) is 0 Å². The topological polar surface area (TPSA) is 91.5 Å². The first-order chi connectivity index (χ1) is 12.1. The summed E-state index contributed by atoms with van der Waals surface area (Å²) in [6.45, 7) is 2.76. The second-order valence-corrected chi connectivity index (χ2v) is 6.98. The summed E-state index contributed by atoms with van der Waals surface area (Å²) in [5, 5.41) is 17.0. The number of aromatic nitrogens is 2. The molecule has 7 nitrogen and oxygen atoms in total. The van der Waals surface area contributed by atoms with E-state index >= 15 is 0 Å². The molecule has 7 heteroatoms. The van der Waals surface area contributed by atoms with Gasteiger partial charge >= 0.3 is 0 Å². The van der Waals surface area contributed by atoms with Gasteiger partial charge in [0.05, 0.1) is 12.1 Å². The van der Waals surface area contributed by atoms with E-state index in [9.17, 15) is 9.90 Å². The van der Waals surface area contributed by atoms with Crippen molar-refractivity contribution in [3.05, 3.63) is 41.5 Å². The minimum atomic E-state index is -0.389. The molecule has 0 radical (unpaired) electrons. The molecular formula is C18H22N4O3. The Bertz CT molecular complexity index is 754. The summed E-state index contributed by atoms with van der Waals surface area (Å²) in [6, 6.07) is 7.68. The average molecular weight is 342 g/mol. The molecule has 2 heterocycles. The van der Waals surface area contributed by atoms with Gasteiger partial charge in [0.1, 0.15) is 0 Å². The Kier molecular flexibility index (Phi) is 4.27. The summed E-state index contributed by atoms with van der Waals surface area (Å²) >= 11 is 0. The predicted molar refractivity (Wildman–Crippen MR) is 90.8 cm³/mol. The first kappa shape index (κ1) is 16.2. The van der Waals surface area contributed by atoms with Crippen LogP contribution < -0.4 is 5.32 Å². The van der Waals surface area contributed by atoms with Crippen molar-refractivity contribution in [1.82, 2.24) is 15.0 Å². The molecular weight excluding hydrogens is 320 g/mol. The Morgan fingerprint density at radius 2 is 2.12 bits per heavy atom. The van der Waals surface area contributed by atoms with Gasteiger partial charge in [0.2, 0.25) is 11.8 Å². The number of amides is 1. The van der Waals surface area contributed by atoms with Gasteiger partial charge in [-0.05, 0) is 37.0 Å². The molecule has 2 atom stereocenters. The van der Waals surface area contributed by atoms with Crippen molar-refractivity contribution >= 4 is 11.6 Å². The number of aliphatic hydroxyl groups is 1. The van der Waals surface area contributed by atoms with Gasteiger partial charge in [-0.1, -0.05) is 17.3 Å². The van der Waals surface area contributed by atoms with Gasteiger partial charge < -0.3 is 14.9 Å². The van der Waals surface area contributed by atoms with Crippen molar-refractivity contribution in [2.24, 2.45) is 0 Å². The molecule has 2 aromatic rings. The summed E-state index contributed by atoms with van der Waals surface area (Å²) in [5.74, 6) is 1.78. The molecule has 1 saturated carbocycles. The number of anilines is 1. The van der Waals surface area contributed by atoms with Gasteiger partial charge in [0, 0.05) is 31.6 Å². The average Bonchev–Trinajstić information content (AvgIpc) is 3.19. The number of nitrogens with one attached hydrogen (secondary N) is 1. The Morgan fingerprint density at radius 3 is 2.80 bits per heavy atom. The van der Waals surface area contributed by atoms with E-state index in [4.69, 9.17) is 4.52 Å². The number of hydrogen-bond acceptors (Lipinski definition) is 6. The fourth-order valence-corrected chi connectivity index (χ4v) is 3.33. The van der Waals surface area contributed by atoms with E-state index in [-0.39, 0.29) is 18.1 Å². The number of β-amino-alcohol motifs (C(OH)–C–C–N with tert-alkyl or cyclic N) is 1. The Hall–Kier alpha value is -2.25. The van der Waals surface area contributed by atoms with Gasteiger partial charge in [-0.2, -0.15) is 4.98 Å². The number of likely N-dealkylation sites (tertiary alicyclic amines) is 1. The van der Waals surface area contributed by atoms with Crippen LogP contribution in [-0.2, 0) is 11.3 Å². The van der Waals surface area contributed by atoms with Crippen LogP contribution in [0.4, 0.5) is 5.69 Å². The molecule has 2 fully saturated rings. The molecule has 1 saturated heterocycles. The van der Waals surface area contributed by atoms with E-state index < -0.39 is 0 Å². The van der Waals surface area contributed by atoms with E-state index in [0.717, 1.165) is 29.9 Å². The monoisotopic (exact) mass is 342 g/mol. The van der Waals surface area contributed by atoms with E-state index in [2.05, 4.69) is 20.4 Å². The third-order valence-electron chi connectivity index (χ3n) is 4.73. The number of benzene rings is 1. The molecule has 0 spiro atoms. The molecule has 4 rings (SSSR count). The molecule has 1 amide bonds. The lowest BCUT2D eigenvalue weighted by atomic mass is 10.1. The molecule has 132 valence electrons. The highest BCUT2D eigenvalue weighted by molar-refractivity contribution is 5.88. The van der Waals surface area contributed by atoms with Crippen LogP contribution in [0, 0.1) is 0 Å². The fourth-order valence-electron chi connectivity index (χ4n) is 3.33. The van der Waals surface area contributed by atoms with Gasteiger partial charge in [-0.3, -0.25) is 9.69 Å². The van der Waals surface area contributed by atoms with Crippen molar-refractivity contribution in [3.63, 3.8) is 0 Å². The van der Waals surface area contributed by atoms with Gasteiger partial charge in [0.25, 0.3) is 0 Å². The minimum absolute atomic E-state index is 0.0509.